The van der Waals surface area contributed by atoms with Gasteiger partial charge >= 0.3 is 0 Å². The molecule has 0 unspecified atom stereocenters. The van der Waals surface area contributed by atoms with Crippen LogP contribution in [-0.4, -0.2) is 34.9 Å². The maximum Gasteiger partial charge on any atom is 0.285 e. The number of hydrogen-bond donors (Lipinski definition) is 1. The van der Waals surface area contributed by atoms with Gasteiger partial charge < -0.3 is 9.47 Å². The Hall–Kier alpha value is -2.55. The predicted octanol–water partition coefficient (Wildman–Crippen LogP) is 5.07. The van der Waals surface area contributed by atoms with Crippen LogP contribution in [0.2, 0.25) is 5.02 Å². The molecule has 1 aliphatic heterocycles. The summed E-state index contributed by atoms with van der Waals surface area (Å²) < 4.78 is 11.4. The minimum absolute atomic E-state index is 0.241. The standard InChI is InChI=1S/C22H21ClN2O4S2/c1-3-4-11-29-17-10-5-14(12-18(17)28-2)13-19-21(27)25(22(30)31-19)24-20(26)15-6-8-16(23)9-7-15/h5-10,12-13H,3-4,11H2,1-2H3,(H,24,26)/b19-13-. The van der Waals surface area contributed by atoms with Crippen LogP contribution in [0.4, 0.5) is 0 Å². The van der Waals surface area contributed by atoms with Crippen molar-refractivity contribution >= 4 is 57.8 Å². The summed E-state index contributed by atoms with van der Waals surface area (Å²) in [5, 5.41) is 1.59. The van der Waals surface area contributed by atoms with Gasteiger partial charge in [0.2, 0.25) is 0 Å². The fourth-order valence-corrected chi connectivity index (χ4v) is 4.01. The van der Waals surface area contributed by atoms with E-state index in [2.05, 4.69) is 12.3 Å². The van der Waals surface area contributed by atoms with Crippen molar-refractivity contribution in [2.75, 3.05) is 13.7 Å². The number of thioether (sulfide) groups is 1. The molecule has 1 saturated heterocycles. The van der Waals surface area contributed by atoms with Gasteiger partial charge in [0.25, 0.3) is 11.8 Å². The molecular formula is C22H21ClN2O4S2. The molecule has 0 aromatic heterocycles. The summed E-state index contributed by atoms with van der Waals surface area (Å²) in [7, 11) is 1.57. The van der Waals surface area contributed by atoms with Crippen LogP contribution in [0, 0.1) is 0 Å². The lowest BCUT2D eigenvalue weighted by atomic mass is 10.2. The highest BCUT2D eigenvalue weighted by atomic mass is 35.5. The first kappa shape index (κ1) is 23.1. The van der Waals surface area contributed by atoms with Crippen molar-refractivity contribution in [1.82, 2.24) is 10.4 Å². The van der Waals surface area contributed by atoms with Gasteiger partial charge in [-0.3, -0.25) is 15.0 Å². The van der Waals surface area contributed by atoms with Crippen molar-refractivity contribution < 1.29 is 19.1 Å². The van der Waals surface area contributed by atoms with E-state index in [0.717, 1.165) is 35.2 Å². The smallest absolute Gasteiger partial charge is 0.285 e. The monoisotopic (exact) mass is 476 g/mol. The molecule has 0 aliphatic carbocycles. The zero-order chi connectivity index (χ0) is 22.4. The molecule has 6 nitrogen and oxygen atoms in total. The number of ether oxygens (including phenoxy) is 2. The van der Waals surface area contributed by atoms with E-state index in [1.165, 1.54) is 0 Å². The molecule has 1 aliphatic rings. The summed E-state index contributed by atoms with van der Waals surface area (Å²) in [5.41, 5.74) is 3.66. The van der Waals surface area contributed by atoms with E-state index in [1.807, 2.05) is 12.1 Å². The summed E-state index contributed by atoms with van der Waals surface area (Å²) in [6.45, 7) is 2.70. The average Bonchev–Trinajstić information content (AvgIpc) is 3.02. The number of hydrogen-bond acceptors (Lipinski definition) is 6. The van der Waals surface area contributed by atoms with Gasteiger partial charge in [0.1, 0.15) is 0 Å². The molecular weight excluding hydrogens is 456 g/mol. The molecule has 0 spiro atoms. The fourth-order valence-electron chi connectivity index (χ4n) is 2.70. The molecule has 2 amide bonds. The second-order valence-corrected chi connectivity index (χ2v) is 8.69. The van der Waals surface area contributed by atoms with Gasteiger partial charge in [0.05, 0.1) is 18.6 Å². The zero-order valence-electron chi connectivity index (χ0n) is 17.0. The van der Waals surface area contributed by atoms with E-state index in [0.29, 0.717) is 33.6 Å². The average molecular weight is 477 g/mol. The van der Waals surface area contributed by atoms with Crippen molar-refractivity contribution in [3.8, 4) is 11.5 Å². The molecule has 1 fully saturated rings. The third kappa shape index (κ3) is 5.78. The Labute approximate surface area is 195 Å². The normalized spacial score (nSPS) is 14.8. The number of unbranched alkanes of at least 4 members (excludes halogenated alkanes) is 1. The molecule has 2 aromatic rings. The van der Waals surface area contributed by atoms with Crippen LogP contribution < -0.4 is 14.9 Å². The summed E-state index contributed by atoms with van der Waals surface area (Å²) >= 11 is 12.2. The number of carbonyl (C=O) groups excluding carboxylic acids is 2. The third-order valence-corrected chi connectivity index (χ3v) is 5.91. The first-order chi connectivity index (χ1) is 14.9. The summed E-state index contributed by atoms with van der Waals surface area (Å²) in [6, 6.07) is 11.8. The van der Waals surface area contributed by atoms with Crippen molar-refractivity contribution in [1.29, 1.82) is 0 Å². The number of amides is 2. The Kier molecular flexibility index (Phi) is 7.95. The van der Waals surface area contributed by atoms with Gasteiger partial charge in [-0.05, 0) is 66.7 Å². The molecule has 0 saturated carbocycles. The van der Waals surface area contributed by atoms with Crippen LogP contribution in [0.3, 0.4) is 0 Å². The number of hydrazine groups is 1. The Morgan fingerprint density at radius 3 is 2.65 bits per heavy atom. The maximum absolute atomic E-state index is 12.8. The number of carbonyl (C=O) groups is 2. The van der Waals surface area contributed by atoms with Crippen LogP contribution in [-0.2, 0) is 4.79 Å². The Bertz CT molecular complexity index is 1020. The second-order valence-electron chi connectivity index (χ2n) is 6.58. The van der Waals surface area contributed by atoms with E-state index in [9.17, 15) is 9.59 Å². The van der Waals surface area contributed by atoms with Crippen molar-refractivity contribution in [3.63, 3.8) is 0 Å². The zero-order valence-corrected chi connectivity index (χ0v) is 19.4. The summed E-state index contributed by atoms with van der Waals surface area (Å²) in [6.07, 6.45) is 3.69. The molecule has 2 aromatic carbocycles. The molecule has 0 bridgehead atoms. The van der Waals surface area contributed by atoms with Crippen molar-refractivity contribution in [2.45, 2.75) is 19.8 Å². The van der Waals surface area contributed by atoms with E-state index < -0.39 is 11.8 Å². The van der Waals surface area contributed by atoms with Gasteiger partial charge in [0, 0.05) is 10.6 Å². The molecule has 3 rings (SSSR count). The lowest BCUT2D eigenvalue weighted by Crippen LogP contribution is -2.44. The van der Waals surface area contributed by atoms with Crippen LogP contribution in [0.5, 0.6) is 11.5 Å². The quantitative estimate of drug-likeness (QED) is 0.326. The van der Waals surface area contributed by atoms with Crippen LogP contribution in [0.25, 0.3) is 6.08 Å². The molecule has 162 valence electrons. The largest absolute Gasteiger partial charge is 0.493 e. The number of thiocarbonyl (C=S) groups is 1. The van der Waals surface area contributed by atoms with Gasteiger partial charge in [0.15, 0.2) is 15.8 Å². The first-order valence-electron chi connectivity index (χ1n) is 9.58. The van der Waals surface area contributed by atoms with Crippen LogP contribution >= 0.6 is 35.6 Å². The second kappa shape index (κ2) is 10.7. The van der Waals surface area contributed by atoms with Crippen LogP contribution in [0.1, 0.15) is 35.7 Å². The van der Waals surface area contributed by atoms with Gasteiger partial charge in [-0.15, -0.1) is 0 Å². The molecule has 0 radical (unpaired) electrons. The summed E-state index contributed by atoms with van der Waals surface area (Å²) in [4.78, 5) is 25.6. The minimum Gasteiger partial charge on any atom is -0.493 e. The lowest BCUT2D eigenvalue weighted by molar-refractivity contribution is -0.123. The number of methoxy groups -OCH3 is 1. The Morgan fingerprint density at radius 1 is 1.23 bits per heavy atom. The van der Waals surface area contributed by atoms with E-state index >= 15 is 0 Å². The summed E-state index contributed by atoms with van der Waals surface area (Å²) in [5.74, 6) is 0.372. The molecule has 1 heterocycles. The number of benzene rings is 2. The number of nitrogens with one attached hydrogen (secondary N) is 1. The van der Waals surface area contributed by atoms with Gasteiger partial charge in [-0.2, -0.15) is 5.01 Å². The predicted molar refractivity (Wildman–Crippen MR) is 127 cm³/mol. The number of nitrogens with zero attached hydrogens (tertiary/aromatic N) is 1. The lowest BCUT2D eigenvalue weighted by Gasteiger charge is -2.15. The van der Waals surface area contributed by atoms with Crippen LogP contribution in [0.15, 0.2) is 47.4 Å². The molecule has 0 atom stereocenters. The third-order valence-electron chi connectivity index (χ3n) is 4.35. The molecule has 1 N–H and O–H groups in total. The SMILES string of the molecule is CCCCOc1ccc(/C=C2\SC(=S)N(NC(=O)c3ccc(Cl)cc3)C2=O)cc1OC. The topological polar surface area (TPSA) is 67.9 Å². The fraction of sp³-hybridized carbons (Fsp3) is 0.227. The molecule has 9 heteroatoms. The first-order valence-corrected chi connectivity index (χ1v) is 11.2. The highest BCUT2D eigenvalue weighted by Crippen LogP contribution is 2.34. The molecule has 31 heavy (non-hydrogen) atoms. The van der Waals surface area contributed by atoms with Crippen molar-refractivity contribution in [3.05, 3.63) is 63.5 Å². The van der Waals surface area contributed by atoms with Crippen molar-refractivity contribution in [2.24, 2.45) is 0 Å². The van der Waals surface area contributed by atoms with E-state index in [-0.39, 0.29) is 4.32 Å². The highest BCUT2D eigenvalue weighted by molar-refractivity contribution is 8.26. The van der Waals surface area contributed by atoms with Gasteiger partial charge in [-0.25, -0.2) is 0 Å². The van der Waals surface area contributed by atoms with Gasteiger partial charge in [-0.1, -0.05) is 42.8 Å². The number of halogens is 1. The Morgan fingerprint density at radius 2 is 1.97 bits per heavy atom. The maximum atomic E-state index is 12.8. The van der Waals surface area contributed by atoms with E-state index in [4.69, 9.17) is 33.3 Å². The Balaban J connectivity index is 1.73. The highest BCUT2D eigenvalue weighted by Gasteiger charge is 2.33. The number of rotatable bonds is 8. The van der Waals surface area contributed by atoms with E-state index in [1.54, 1.807) is 43.5 Å². The minimum atomic E-state index is -0.454.